The number of carbonyl (C=O) groups excluding carboxylic acids is 1. The molecule has 3 N–H and O–H groups in total. The minimum Gasteiger partial charge on any atom is -0.397 e. The molecule has 0 unspecified atom stereocenters. The number of nitrogens with one attached hydrogen (secondary N) is 1. The summed E-state index contributed by atoms with van der Waals surface area (Å²) in [5.74, 6) is -0.700. The molecule has 0 fully saturated rings. The maximum absolute atomic E-state index is 13.0. The molecule has 0 saturated heterocycles. The number of alkyl halides is 3. The normalized spacial score (nSPS) is 11.5. The molecule has 4 nitrogen and oxygen atoms in total. The topological polar surface area (TPSA) is 68.0 Å². The Morgan fingerprint density at radius 2 is 1.77 bits per heavy atom. The van der Waals surface area contributed by atoms with Gasteiger partial charge in [0.25, 0.3) is 5.91 Å². The Hall–Kier alpha value is -3.58. The van der Waals surface area contributed by atoms with E-state index in [0.717, 1.165) is 28.6 Å². The molecule has 0 aliphatic heterocycles. The van der Waals surface area contributed by atoms with Gasteiger partial charge in [-0.25, -0.2) is 0 Å². The van der Waals surface area contributed by atoms with Gasteiger partial charge < -0.3 is 11.1 Å². The van der Waals surface area contributed by atoms with E-state index < -0.39 is 17.6 Å². The van der Waals surface area contributed by atoms with Crippen LogP contribution in [0.4, 0.5) is 24.5 Å². The largest absolute Gasteiger partial charge is 0.416 e. The lowest BCUT2D eigenvalue weighted by Gasteiger charge is -2.12. The van der Waals surface area contributed by atoms with Crippen molar-refractivity contribution in [3.05, 3.63) is 89.1 Å². The highest BCUT2D eigenvalue weighted by Crippen LogP contribution is 2.33. The molecule has 0 aliphatic carbocycles. The Morgan fingerprint density at radius 3 is 2.55 bits per heavy atom. The van der Waals surface area contributed by atoms with Crippen molar-refractivity contribution in [1.29, 1.82) is 0 Å². The number of carbonyl (C=O) groups is 1. The van der Waals surface area contributed by atoms with E-state index in [1.165, 1.54) is 6.07 Å². The Labute approximate surface area is 180 Å². The van der Waals surface area contributed by atoms with E-state index in [9.17, 15) is 18.0 Å². The highest BCUT2D eigenvalue weighted by molar-refractivity contribution is 6.31. The lowest BCUT2D eigenvalue weighted by atomic mass is 10.0. The molecule has 0 radical (unpaired) electrons. The quantitative estimate of drug-likeness (QED) is 0.361. The van der Waals surface area contributed by atoms with Gasteiger partial charge >= 0.3 is 6.18 Å². The first-order chi connectivity index (χ1) is 14.7. The molecule has 0 saturated carbocycles. The fourth-order valence-electron chi connectivity index (χ4n) is 3.30. The van der Waals surface area contributed by atoms with Crippen LogP contribution >= 0.6 is 11.6 Å². The fraction of sp³-hybridized carbons (Fsp3) is 0.0435. The molecular weight excluding hydrogens is 427 g/mol. The van der Waals surface area contributed by atoms with Gasteiger partial charge in [0.15, 0.2) is 0 Å². The number of anilines is 2. The van der Waals surface area contributed by atoms with Gasteiger partial charge in [0.05, 0.1) is 16.8 Å². The second-order valence-electron chi connectivity index (χ2n) is 6.86. The summed E-state index contributed by atoms with van der Waals surface area (Å²) in [6.07, 6.45) is -2.96. The molecule has 4 rings (SSSR count). The van der Waals surface area contributed by atoms with Crippen molar-refractivity contribution in [2.75, 3.05) is 11.1 Å². The molecule has 0 spiro atoms. The van der Waals surface area contributed by atoms with E-state index in [4.69, 9.17) is 17.3 Å². The van der Waals surface area contributed by atoms with Crippen LogP contribution < -0.4 is 11.1 Å². The first-order valence-corrected chi connectivity index (χ1v) is 9.53. The summed E-state index contributed by atoms with van der Waals surface area (Å²) in [6.45, 7) is 0. The number of benzene rings is 3. The second kappa shape index (κ2) is 7.92. The lowest BCUT2D eigenvalue weighted by Crippen LogP contribution is -2.14. The Bertz CT molecular complexity index is 1300. The predicted molar refractivity (Wildman–Crippen MR) is 116 cm³/mol. The predicted octanol–water partition coefficient (Wildman–Crippen LogP) is 6.41. The van der Waals surface area contributed by atoms with E-state index in [1.54, 1.807) is 30.5 Å². The van der Waals surface area contributed by atoms with Gasteiger partial charge in [-0.2, -0.15) is 13.2 Å². The third-order valence-electron chi connectivity index (χ3n) is 4.72. The van der Waals surface area contributed by atoms with Crippen LogP contribution in [-0.2, 0) is 6.18 Å². The molecule has 0 aliphatic rings. The molecule has 4 aromatic rings. The van der Waals surface area contributed by atoms with Gasteiger partial charge in [-0.3, -0.25) is 9.78 Å². The van der Waals surface area contributed by atoms with Crippen LogP contribution in [0.25, 0.3) is 22.0 Å². The summed E-state index contributed by atoms with van der Waals surface area (Å²) >= 11 is 5.78. The van der Waals surface area contributed by atoms with Crippen molar-refractivity contribution >= 4 is 39.8 Å². The Balaban J connectivity index is 1.67. The van der Waals surface area contributed by atoms with Crippen LogP contribution in [0.15, 0.2) is 72.9 Å². The number of pyridine rings is 1. The number of nitrogen functional groups attached to an aromatic ring is 1. The Morgan fingerprint density at radius 1 is 1.00 bits per heavy atom. The smallest absolute Gasteiger partial charge is 0.397 e. The number of rotatable bonds is 3. The zero-order chi connectivity index (χ0) is 22.2. The van der Waals surface area contributed by atoms with Gasteiger partial charge in [0, 0.05) is 27.9 Å². The van der Waals surface area contributed by atoms with Gasteiger partial charge in [0.1, 0.15) is 0 Å². The molecule has 3 aromatic carbocycles. The third kappa shape index (κ3) is 4.32. The van der Waals surface area contributed by atoms with Crippen LogP contribution in [0.5, 0.6) is 0 Å². The summed E-state index contributed by atoms with van der Waals surface area (Å²) in [4.78, 5) is 16.9. The maximum atomic E-state index is 13.0. The van der Waals surface area contributed by atoms with Crippen LogP contribution in [-0.4, -0.2) is 10.9 Å². The molecule has 0 bridgehead atoms. The average Bonchev–Trinajstić information content (AvgIpc) is 2.73. The second-order valence-corrected chi connectivity index (χ2v) is 7.30. The molecule has 1 aromatic heterocycles. The molecule has 0 atom stereocenters. The maximum Gasteiger partial charge on any atom is 0.416 e. The number of hydrogen-bond donors (Lipinski definition) is 2. The molecular formula is C23H15ClF3N3O. The molecule has 1 amide bonds. The van der Waals surface area contributed by atoms with E-state index in [-0.39, 0.29) is 10.6 Å². The lowest BCUT2D eigenvalue weighted by molar-refractivity contribution is -0.137. The number of para-hydroxylation sites is 1. The summed E-state index contributed by atoms with van der Waals surface area (Å²) in [5, 5.41) is 3.30. The van der Waals surface area contributed by atoms with E-state index >= 15 is 0 Å². The minimum absolute atomic E-state index is 0.172. The standard InChI is InChI=1S/C23H15ClF3N3O/c24-16-10-14(9-15(12-16)23(25,26)27)22(31)30-17-4-1-3-13(11-17)18-7-8-29-21-19(18)5-2-6-20(21)28/h1-12H,28H2,(H,30,31). The average molecular weight is 442 g/mol. The third-order valence-corrected chi connectivity index (χ3v) is 4.94. The van der Waals surface area contributed by atoms with Crippen LogP contribution in [0, 0.1) is 0 Å². The first-order valence-electron chi connectivity index (χ1n) is 9.15. The van der Waals surface area contributed by atoms with Crippen molar-refractivity contribution in [3.8, 4) is 11.1 Å². The van der Waals surface area contributed by atoms with Crippen molar-refractivity contribution in [1.82, 2.24) is 4.98 Å². The molecule has 8 heteroatoms. The number of fused-ring (bicyclic) bond motifs is 1. The van der Waals surface area contributed by atoms with Gasteiger partial charge in [-0.05, 0) is 53.6 Å². The van der Waals surface area contributed by atoms with E-state index in [2.05, 4.69) is 10.3 Å². The molecule has 31 heavy (non-hydrogen) atoms. The number of amides is 1. The highest BCUT2D eigenvalue weighted by Gasteiger charge is 2.31. The van der Waals surface area contributed by atoms with Gasteiger partial charge in [-0.15, -0.1) is 0 Å². The van der Waals surface area contributed by atoms with Crippen molar-refractivity contribution in [2.24, 2.45) is 0 Å². The summed E-state index contributed by atoms with van der Waals surface area (Å²) in [5.41, 5.74) is 8.11. The SMILES string of the molecule is Nc1cccc2c(-c3cccc(NC(=O)c4cc(Cl)cc(C(F)(F)F)c4)c3)ccnc12. The zero-order valence-electron chi connectivity index (χ0n) is 15.9. The van der Waals surface area contributed by atoms with Crippen LogP contribution in [0.1, 0.15) is 15.9 Å². The fourth-order valence-corrected chi connectivity index (χ4v) is 3.54. The summed E-state index contributed by atoms with van der Waals surface area (Å²) in [7, 11) is 0. The monoisotopic (exact) mass is 441 g/mol. The van der Waals surface area contributed by atoms with Crippen LogP contribution in [0.2, 0.25) is 5.02 Å². The van der Waals surface area contributed by atoms with Gasteiger partial charge in [-0.1, -0.05) is 35.9 Å². The summed E-state index contributed by atoms with van der Waals surface area (Å²) < 4.78 is 39.1. The Kier molecular flexibility index (Phi) is 5.29. The number of nitrogens with two attached hydrogens (primary N) is 1. The summed E-state index contributed by atoms with van der Waals surface area (Å²) in [6, 6.07) is 17.0. The highest BCUT2D eigenvalue weighted by atomic mass is 35.5. The van der Waals surface area contributed by atoms with Crippen LogP contribution in [0.3, 0.4) is 0 Å². The van der Waals surface area contributed by atoms with Gasteiger partial charge in [0.2, 0.25) is 0 Å². The zero-order valence-corrected chi connectivity index (χ0v) is 16.6. The number of hydrogen-bond acceptors (Lipinski definition) is 3. The van der Waals surface area contributed by atoms with E-state index in [1.807, 2.05) is 24.3 Å². The van der Waals surface area contributed by atoms with Crippen molar-refractivity contribution in [2.45, 2.75) is 6.18 Å². The van der Waals surface area contributed by atoms with Crippen molar-refractivity contribution < 1.29 is 18.0 Å². The first kappa shape index (κ1) is 20.7. The van der Waals surface area contributed by atoms with Crippen molar-refractivity contribution in [3.63, 3.8) is 0 Å². The number of halogens is 4. The number of nitrogens with zero attached hydrogens (tertiary/aromatic N) is 1. The van der Waals surface area contributed by atoms with E-state index in [0.29, 0.717) is 16.9 Å². The number of aromatic nitrogens is 1. The molecule has 156 valence electrons. The molecule has 1 heterocycles. The minimum atomic E-state index is -4.61.